The smallest absolute Gasteiger partial charge is 0.416 e. The van der Waals surface area contributed by atoms with E-state index in [1.54, 1.807) is 42.5 Å². The molecule has 0 aliphatic rings. The van der Waals surface area contributed by atoms with Crippen molar-refractivity contribution in [2.45, 2.75) is 6.18 Å². The molecule has 2 aromatic heterocycles. The van der Waals surface area contributed by atoms with Crippen LogP contribution in [0.3, 0.4) is 0 Å². The third-order valence-electron chi connectivity index (χ3n) is 5.48. The fourth-order valence-electron chi connectivity index (χ4n) is 3.65. The lowest BCUT2D eigenvalue weighted by Crippen LogP contribution is -2.21. The molecule has 0 aliphatic carbocycles. The fourth-order valence-corrected chi connectivity index (χ4v) is 3.65. The third kappa shape index (κ3) is 5.93. The average Bonchev–Trinajstić information content (AvgIpc) is 3.59. The maximum absolute atomic E-state index is 13.3. The summed E-state index contributed by atoms with van der Waals surface area (Å²) in [6.07, 6.45) is -2.67. The summed E-state index contributed by atoms with van der Waals surface area (Å²) in [6.45, 7) is 0. The number of rotatable bonds is 6. The minimum atomic E-state index is -4.60. The first-order valence-corrected chi connectivity index (χ1v) is 11.4. The number of benzene rings is 3. The van der Waals surface area contributed by atoms with Gasteiger partial charge in [0.1, 0.15) is 24.2 Å². The Hall–Kier alpha value is -5.60. The Morgan fingerprint density at radius 3 is 2.33 bits per heavy atom. The highest BCUT2D eigenvalue weighted by molar-refractivity contribution is 6.01. The Bertz CT molecular complexity index is 1670. The average molecular weight is 552 g/mol. The van der Waals surface area contributed by atoms with Gasteiger partial charge in [0, 0.05) is 11.8 Å². The van der Waals surface area contributed by atoms with E-state index in [1.807, 2.05) is 0 Å². The summed E-state index contributed by atoms with van der Waals surface area (Å²) < 4.78 is 51.5. The van der Waals surface area contributed by atoms with Gasteiger partial charge in [0.25, 0.3) is 0 Å². The van der Waals surface area contributed by atoms with E-state index in [0.717, 1.165) is 12.1 Å². The number of nitrogens with one attached hydrogen (secondary N) is 4. The van der Waals surface area contributed by atoms with Gasteiger partial charge in [-0.1, -0.05) is 0 Å². The number of hydrogen-bond donors (Lipinski definition) is 4. The van der Waals surface area contributed by atoms with E-state index in [0.29, 0.717) is 28.2 Å². The number of urea groups is 1. The lowest BCUT2D eigenvalue weighted by Gasteiger charge is -2.15. The molecule has 0 spiro atoms. The second-order valence-electron chi connectivity index (χ2n) is 8.19. The number of ether oxygens (including phenoxy) is 2. The number of carbonyl (C=O) groups is 2. The molecule has 15 heteroatoms. The van der Waals surface area contributed by atoms with Crippen molar-refractivity contribution >= 4 is 40.5 Å². The van der Waals surface area contributed by atoms with E-state index >= 15 is 0 Å². The second kappa shape index (κ2) is 10.6. The summed E-state index contributed by atoms with van der Waals surface area (Å²) in [6, 6.07) is 13.6. The normalized spacial score (nSPS) is 11.2. The van der Waals surface area contributed by atoms with Crippen LogP contribution in [-0.2, 0) is 10.9 Å². The fraction of sp³-hybridized carbons (Fsp3) is 0.0800. The number of methoxy groups -OCH3 is 1. The molecule has 40 heavy (non-hydrogen) atoms. The van der Waals surface area contributed by atoms with Crippen molar-refractivity contribution in [3.05, 3.63) is 78.9 Å². The Balaban J connectivity index is 1.26. The first-order chi connectivity index (χ1) is 19.2. The quantitative estimate of drug-likeness (QED) is 0.209. The molecule has 0 unspecified atom stereocenters. The maximum atomic E-state index is 13.3. The van der Waals surface area contributed by atoms with Crippen molar-refractivity contribution in [2.24, 2.45) is 0 Å². The number of anilines is 3. The topological polar surface area (TPSA) is 148 Å². The van der Waals surface area contributed by atoms with Gasteiger partial charge in [-0.3, -0.25) is 9.88 Å². The zero-order valence-corrected chi connectivity index (χ0v) is 20.5. The van der Waals surface area contributed by atoms with Crippen LogP contribution in [-0.4, -0.2) is 44.0 Å². The first-order valence-electron chi connectivity index (χ1n) is 11.4. The Morgan fingerprint density at radius 2 is 1.62 bits per heavy atom. The SMILES string of the molecule is COC(=O)Nc1nc2cc(Oc3ccc(NC(=O)Nc4cc(C(F)(F)F)ccc4-n4cnnc4)cc3)ccc2[nH]1. The van der Waals surface area contributed by atoms with Crippen molar-refractivity contribution in [2.75, 3.05) is 23.1 Å². The predicted molar refractivity (Wildman–Crippen MR) is 138 cm³/mol. The van der Waals surface area contributed by atoms with E-state index in [4.69, 9.17) is 4.74 Å². The molecule has 0 saturated carbocycles. The van der Waals surface area contributed by atoms with E-state index < -0.39 is 23.9 Å². The summed E-state index contributed by atoms with van der Waals surface area (Å²) in [5.74, 6) is 1.13. The summed E-state index contributed by atoms with van der Waals surface area (Å²) in [5.41, 5.74) is 0.802. The van der Waals surface area contributed by atoms with Crippen molar-refractivity contribution in [1.29, 1.82) is 0 Å². The lowest BCUT2D eigenvalue weighted by molar-refractivity contribution is -0.137. The van der Waals surface area contributed by atoms with Crippen LogP contribution in [0.2, 0.25) is 0 Å². The van der Waals surface area contributed by atoms with Gasteiger partial charge in [0.15, 0.2) is 0 Å². The van der Waals surface area contributed by atoms with Crippen molar-refractivity contribution in [3.63, 3.8) is 0 Å². The van der Waals surface area contributed by atoms with Gasteiger partial charge in [-0.05, 0) is 54.6 Å². The molecule has 4 N–H and O–H groups in total. The number of amides is 3. The summed E-state index contributed by atoms with van der Waals surface area (Å²) in [7, 11) is 1.24. The van der Waals surface area contributed by atoms with E-state index in [1.165, 1.54) is 30.4 Å². The van der Waals surface area contributed by atoms with Crippen molar-refractivity contribution < 1.29 is 32.2 Å². The number of aromatic nitrogens is 5. The highest BCUT2D eigenvalue weighted by atomic mass is 19.4. The highest BCUT2D eigenvalue weighted by Crippen LogP contribution is 2.33. The van der Waals surface area contributed by atoms with E-state index in [9.17, 15) is 22.8 Å². The standard InChI is InChI=1S/C25H19F3N8O4/c1-39-24(38)35-22-32-18-8-7-17(11-19(18)33-22)40-16-5-3-15(4-6-16)31-23(37)34-20-10-14(25(26,27)28)2-9-21(20)36-12-29-30-13-36/h2-13H,1H3,(H2,31,34,37)(H2,32,33,35,38). The molecule has 3 amide bonds. The number of fused-ring (bicyclic) bond motifs is 1. The Kier molecular flexibility index (Phi) is 6.92. The van der Waals surface area contributed by atoms with Crippen molar-refractivity contribution in [1.82, 2.24) is 24.7 Å². The molecule has 204 valence electrons. The Morgan fingerprint density at radius 1 is 0.900 bits per heavy atom. The number of hydrogen-bond acceptors (Lipinski definition) is 7. The van der Waals surface area contributed by atoms with Gasteiger partial charge < -0.3 is 25.1 Å². The van der Waals surface area contributed by atoms with Gasteiger partial charge in [0.2, 0.25) is 5.95 Å². The lowest BCUT2D eigenvalue weighted by atomic mass is 10.1. The van der Waals surface area contributed by atoms with Crippen LogP contribution >= 0.6 is 0 Å². The molecular formula is C25H19F3N8O4. The number of imidazole rings is 1. The number of H-pyrrole nitrogens is 1. The van der Waals surface area contributed by atoms with Crippen LogP contribution in [0.1, 0.15) is 5.56 Å². The minimum Gasteiger partial charge on any atom is -0.457 e. The Labute approximate surface area is 223 Å². The van der Waals surface area contributed by atoms with Crippen LogP contribution in [0.25, 0.3) is 16.7 Å². The molecule has 2 heterocycles. The first kappa shape index (κ1) is 26.0. The van der Waals surface area contributed by atoms with Crippen LogP contribution in [0.4, 0.5) is 40.1 Å². The van der Waals surface area contributed by atoms with Gasteiger partial charge >= 0.3 is 18.3 Å². The minimum absolute atomic E-state index is 0.0919. The summed E-state index contributed by atoms with van der Waals surface area (Å²) in [5, 5.41) is 14.8. The van der Waals surface area contributed by atoms with Gasteiger partial charge in [-0.2, -0.15) is 13.2 Å². The van der Waals surface area contributed by atoms with E-state index in [-0.39, 0.29) is 17.3 Å². The molecule has 5 aromatic rings. The van der Waals surface area contributed by atoms with Crippen molar-refractivity contribution in [3.8, 4) is 17.2 Å². The molecule has 3 aromatic carbocycles. The zero-order chi connectivity index (χ0) is 28.3. The van der Waals surface area contributed by atoms with Crippen LogP contribution in [0.5, 0.6) is 11.5 Å². The number of nitrogens with zero attached hydrogens (tertiary/aromatic N) is 4. The molecule has 0 aliphatic heterocycles. The van der Waals surface area contributed by atoms with Gasteiger partial charge in [-0.15, -0.1) is 10.2 Å². The zero-order valence-electron chi connectivity index (χ0n) is 20.5. The molecule has 0 radical (unpaired) electrons. The summed E-state index contributed by atoms with van der Waals surface area (Å²) in [4.78, 5) is 31.2. The maximum Gasteiger partial charge on any atom is 0.416 e. The summed E-state index contributed by atoms with van der Waals surface area (Å²) >= 11 is 0. The van der Waals surface area contributed by atoms with Crippen LogP contribution < -0.4 is 20.7 Å². The second-order valence-corrected chi connectivity index (χ2v) is 8.19. The highest BCUT2D eigenvalue weighted by Gasteiger charge is 2.31. The van der Waals surface area contributed by atoms with Gasteiger partial charge in [-0.25, -0.2) is 14.6 Å². The van der Waals surface area contributed by atoms with Crippen LogP contribution in [0, 0.1) is 0 Å². The number of carbonyl (C=O) groups excluding carboxylic acids is 2. The monoisotopic (exact) mass is 552 g/mol. The van der Waals surface area contributed by atoms with Gasteiger partial charge in [0.05, 0.1) is 35.1 Å². The van der Waals surface area contributed by atoms with Crippen LogP contribution in [0.15, 0.2) is 73.3 Å². The van der Waals surface area contributed by atoms with E-state index in [2.05, 4.69) is 40.9 Å². The number of alkyl halides is 3. The molecule has 12 nitrogen and oxygen atoms in total. The molecule has 5 rings (SSSR count). The molecular weight excluding hydrogens is 533 g/mol. The third-order valence-corrected chi connectivity index (χ3v) is 5.48. The molecule has 0 saturated heterocycles. The number of aromatic amines is 1. The number of halogens is 3. The predicted octanol–water partition coefficient (Wildman–Crippen LogP) is 5.78. The molecule has 0 bridgehead atoms. The largest absolute Gasteiger partial charge is 0.457 e. The molecule has 0 fully saturated rings. The molecule has 0 atom stereocenters.